The van der Waals surface area contributed by atoms with E-state index in [0.29, 0.717) is 12.8 Å². The predicted octanol–water partition coefficient (Wildman–Crippen LogP) is 0.0313. The molecule has 0 heterocycles. The van der Waals surface area contributed by atoms with Gasteiger partial charge in [0.15, 0.2) is 0 Å². The molecule has 1 saturated carbocycles. The molecule has 0 aliphatic heterocycles. The normalized spacial score (nSPS) is 39.0. The van der Waals surface area contributed by atoms with Gasteiger partial charge in [-0.2, -0.15) is 0 Å². The highest BCUT2D eigenvalue weighted by atomic mass is 35.5. The van der Waals surface area contributed by atoms with Gasteiger partial charge in [0.1, 0.15) is 0 Å². The number of hydrogen-bond acceptors (Lipinski definition) is 3. The lowest BCUT2D eigenvalue weighted by Gasteiger charge is -2.12. The van der Waals surface area contributed by atoms with Crippen molar-refractivity contribution in [3.05, 3.63) is 0 Å². The van der Waals surface area contributed by atoms with Crippen molar-refractivity contribution in [2.75, 3.05) is 0 Å². The van der Waals surface area contributed by atoms with Gasteiger partial charge in [-0.25, -0.2) is 0 Å². The van der Waals surface area contributed by atoms with Crippen molar-refractivity contribution in [3.63, 3.8) is 0 Å². The van der Waals surface area contributed by atoms with E-state index in [9.17, 15) is 0 Å². The average molecular weight is 182 g/mol. The molecule has 2 atom stereocenters. The Hall–Kier alpha value is 0.170. The van der Waals surface area contributed by atoms with Gasteiger partial charge in [-0.15, -0.1) is 12.4 Å². The van der Waals surface area contributed by atoms with E-state index < -0.39 is 12.2 Å². The van der Waals surface area contributed by atoms with Gasteiger partial charge >= 0.3 is 0 Å². The number of hydrogen-bond donors (Lipinski definition) is 3. The minimum atomic E-state index is -0.548. The van der Waals surface area contributed by atoms with E-state index in [4.69, 9.17) is 15.9 Å². The fourth-order valence-corrected chi connectivity index (χ4v) is 1.30. The molecule has 0 aromatic rings. The first-order chi connectivity index (χ1) is 4.70. The van der Waals surface area contributed by atoms with Crippen LogP contribution >= 0.6 is 12.4 Å². The zero-order chi connectivity index (χ0) is 7.56. The zero-order valence-electron chi connectivity index (χ0n) is 6.44. The minimum Gasteiger partial charge on any atom is -0.390 e. The molecule has 11 heavy (non-hydrogen) atoms. The topological polar surface area (TPSA) is 66.5 Å². The fourth-order valence-electron chi connectivity index (χ4n) is 1.30. The van der Waals surface area contributed by atoms with Crippen LogP contribution in [-0.4, -0.2) is 28.5 Å². The molecule has 1 rings (SSSR count). The molecule has 0 saturated heterocycles. The highest BCUT2D eigenvalue weighted by Crippen LogP contribution is 2.16. The van der Waals surface area contributed by atoms with E-state index in [-0.39, 0.29) is 18.4 Å². The van der Waals surface area contributed by atoms with Gasteiger partial charge in [0, 0.05) is 6.04 Å². The Labute approximate surface area is 73.0 Å². The summed E-state index contributed by atoms with van der Waals surface area (Å²) in [6.45, 7) is 0. The quantitative estimate of drug-likeness (QED) is 0.462. The Morgan fingerprint density at radius 2 is 1.27 bits per heavy atom. The standard InChI is InChI=1S/C7H15NO2.ClH/c8-5-1-3-6(9)7(10)4-2-5;/h5-7,9-10H,1-4,8H2;1H. The minimum absolute atomic E-state index is 0. The molecule has 2 unspecified atom stereocenters. The number of aliphatic hydroxyl groups is 2. The second-order valence-corrected chi connectivity index (χ2v) is 3.05. The maximum Gasteiger partial charge on any atom is 0.0799 e. The molecule has 4 heteroatoms. The van der Waals surface area contributed by atoms with Gasteiger partial charge in [0.2, 0.25) is 0 Å². The van der Waals surface area contributed by atoms with Crippen LogP contribution in [0.25, 0.3) is 0 Å². The second kappa shape index (κ2) is 4.93. The van der Waals surface area contributed by atoms with Crippen LogP contribution < -0.4 is 5.73 Å². The van der Waals surface area contributed by atoms with Crippen LogP contribution in [0.5, 0.6) is 0 Å². The van der Waals surface area contributed by atoms with Crippen molar-refractivity contribution in [1.29, 1.82) is 0 Å². The van der Waals surface area contributed by atoms with E-state index in [1.54, 1.807) is 0 Å². The third kappa shape index (κ3) is 3.38. The Morgan fingerprint density at radius 1 is 0.909 bits per heavy atom. The lowest BCUT2D eigenvalue weighted by Crippen LogP contribution is -2.23. The molecule has 68 valence electrons. The maximum atomic E-state index is 9.17. The van der Waals surface area contributed by atoms with E-state index in [1.165, 1.54) is 0 Å². The van der Waals surface area contributed by atoms with Gasteiger partial charge in [-0.1, -0.05) is 0 Å². The summed E-state index contributed by atoms with van der Waals surface area (Å²) in [5, 5.41) is 18.3. The van der Waals surface area contributed by atoms with Gasteiger partial charge < -0.3 is 15.9 Å². The predicted molar refractivity (Wildman–Crippen MR) is 45.7 cm³/mol. The van der Waals surface area contributed by atoms with Crippen molar-refractivity contribution >= 4 is 12.4 Å². The molecule has 0 radical (unpaired) electrons. The fraction of sp³-hybridized carbons (Fsp3) is 1.00. The third-order valence-electron chi connectivity index (χ3n) is 2.11. The van der Waals surface area contributed by atoms with Crippen molar-refractivity contribution in [3.8, 4) is 0 Å². The summed E-state index contributed by atoms with van der Waals surface area (Å²) in [4.78, 5) is 0. The highest BCUT2D eigenvalue weighted by molar-refractivity contribution is 5.85. The lowest BCUT2D eigenvalue weighted by molar-refractivity contribution is 0.0157. The van der Waals surface area contributed by atoms with Gasteiger partial charge in [-0.3, -0.25) is 0 Å². The summed E-state index contributed by atoms with van der Waals surface area (Å²) in [7, 11) is 0. The molecular weight excluding hydrogens is 166 g/mol. The van der Waals surface area contributed by atoms with Crippen LogP contribution in [0.1, 0.15) is 25.7 Å². The SMILES string of the molecule is Cl.NC1CCC(O)C(O)CC1. The first-order valence-electron chi connectivity index (χ1n) is 3.82. The summed E-state index contributed by atoms with van der Waals surface area (Å²) >= 11 is 0. The van der Waals surface area contributed by atoms with Crippen molar-refractivity contribution < 1.29 is 10.2 Å². The van der Waals surface area contributed by atoms with Crippen LogP contribution in [0, 0.1) is 0 Å². The highest BCUT2D eigenvalue weighted by Gasteiger charge is 2.21. The van der Waals surface area contributed by atoms with E-state index in [1.807, 2.05) is 0 Å². The van der Waals surface area contributed by atoms with Gasteiger partial charge in [0.05, 0.1) is 12.2 Å². The molecule has 3 nitrogen and oxygen atoms in total. The molecule has 0 aromatic carbocycles. The second-order valence-electron chi connectivity index (χ2n) is 3.05. The smallest absolute Gasteiger partial charge is 0.0799 e. The van der Waals surface area contributed by atoms with Gasteiger partial charge in [0.25, 0.3) is 0 Å². The Kier molecular flexibility index (Phi) is 5.01. The van der Waals surface area contributed by atoms with Gasteiger partial charge in [-0.05, 0) is 25.7 Å². The van der Waals surface area contributed by atoms with Crippen LogP contribution in [-0.2, 0) is 0 Å². The van der Waals surface area contributed by atoms with E-state index >= 15 is 0 Å². The third-order valence-corrected chi connectivity index (χ3v) is 2.11. The monoisotopic (exact) mass is 181 g/mol. The average Bonchev–Trinajstić information content (AvgIpc) is 2.04. The molecule has 1 aliphatic carbocycles. The lowest BCUT2D eigenvalue weighted by atomic mass is 10.1. The van der Waals surface area contributed by atoms with Crippen LogP contribution in [0.15, 0.2) is 0 Å². The molecule has 1 fully saturated rings. The summed E-state index contributed by atoms with van der Waals surface area (Å²) in [6, 6.07) is 0.173. The van der Waals surface area contributed by atoms with Crippen molar-refractivity contribution in [1.82, 2.24) is 0 Å². The molecular formula is C7H16ClNO2. The Morgan fingerprint density at radius 3 is 1.64 bits per heavy atom. The number of rotatable bonds is 0. The van der Waals surface area contributed by atoms with E-state index in [0.717, 1.165) is 12.8 Å². The number of nitrogens with two attached hydrogens (primary N) is 1. The van der Waals surface area contributed by atoms with Crippen molar-refractivity contribution in [2.45, 2.75) is 43.9 Å². The summed E-state index contributed by atoms with van der Waals surface area (Å²) in [5.41, 5.74) is 5.64. The first-order valence-corrected chi connectivity index (χ1v) is 3.82. The summed E-state index contributed by atoms with van der Waals surface area (Å²) in [5.74, 6) is 0. The molecule has 0 amide bonds. The maximum absolute atomic E-state index is 9.17. The van der Waals surface area contributed by atoms with Crippen LogP contribution in [0.4, 0.5) is 0 Å². The molecule has 0 spiro atoms. The number of aliphatic hydroxyl groups excluding tert-OH is 2. The Balaban J connectivity index is 0.000001000. The molecule has 1 aliphatic rings. The summed E-state index contributed by atoms with van der Waals surface area (Å²) in [6.07, 6.45) is 1.85. The van der Waals surface area contributed by atoms with Crippen LogP contribution in [0.2, 0.25) is 0 Å². The molecule has 4 N–H and O–H groups in total. The first kappa shape index (κ1) is 11.2. The summed E-state index contributed by atoms with van der Waals surface area (Å²) < 4.78 is 0. The Bertz CT molecular complexity index is 101. The van der Waals surface area contributed by atoms with Crippen LogP contribution in [0.3, 0.4) is 0 Å². The van der Waals surface area contributed by atoms with Crippen molar-refractivity contribution in [2.24, 2.45) is 5.73 Å². The largest absolute Gasteiger partial charge is 0.390 e. The number of halogens is 1. The van der Waals surface area contributed by atoms with E-state index in [2.05, 4.69) is 0 Å². The molecule has 0 bridgehead atoms. The zero-order valence-corrected chi connectivity index (χ0v) is 7.26. The molecule has 0 aromatic heterocycles.